The number of carbonyl (C=O) groups excluding carboxylic acids is 1. The summed E-state index contributed by atoms with van der Waals surface area (Å²) in [7, 11) is 0. The highest BCUT2D eigenvalue weighted by Gasteiger charge is 2.32. The van der Waals surface area contributed by atoms with E-state index in [0.29, 0.717) is 18.3 Å². The standard InChI is InChI=1S/C20H22FNOS/c1-15-2-4-17(5-3-15)13-24-14-20(23)22(19-10-11-19)12-16-6-8-18(21)9-7-16/h2-9,19H,10-14H2,1H3. The monoisotopic (exact) mass is 343 g/mol. The van der Waals surface area contributed by atoms with Crippen molar-refractivity contribution in [1.29, 1.82) is 0 Å². The molecule has 0 heterocycles. The minimum Gasteiger partial charge on any atom is -0.335 e. The SMILES string of the molecule is Cc1ccc(CSCC(=O)N(Cc2ccc(F)cc2)C2CC2)cc1. The van der Waals surface area contributed by atoms with E-state index in [9.17, 15) is 9.18 Å². The van der Waals surface area contributed by atoms with Gasteiger partial charge in [-0.15, -0.1) is 11.8 Å². The van der Waals surface area contributed by atoms with Gasteiger partial charge in [0.15, 0.2) is 0 Å². The summed E-state index contributed by atoms with van der Waals surface area (Å²) in [6.07, 6.45) is 2.16. The second-order valence-corrected chi connectivity index (χ2v) is 7.34. The van der Waals surface area contributed by atoms with Gasteiger partial charge in [-0.2, -0.15) is 0 Å². The van der Waals surface area contributed by atoms with Crippen molar-refractivity contribution < 1.29 is 9.18 Å². The molecule has 0 atom stereocenters. The summed E-state index contributed by atoms with van der Waals surface area (Å²) in [4.78, 5) is 14.5. The third kappa shape index (κ3) is 4.84. The van der Waals surface area contributed by atoms with Gasteiger partial charge < -0.3 is 4.90 Å². The maximum absolute atomic E-state index is 13.0. The molecule has 1 saturated carbocycles. The van der Waals surface area contributed by atoms with Crippen LogP contribution in [0.4, 0.5) is 4.39 Å². The smallest absolute Gasteiger partial charge is 0.233 e. The summed E-state index contributed by atoms with van der Waals surface area (Å²) < 4.78 is 13.0. The molecule has 0 unspecified atom stereocenters. The van der Waals surface area contributed by atoms with Crippen molar-refractivity contribution in [3.8, 4) is 0 Å². The van der Waals surface area contributed by atoms with E-state index in [0.717, 1.165) is 24.2 Å². The molecule has 1 amide bonds. The molecule has 3 rings (SSSR count). The summed E-state index contributed by atoms with van der Waals surface area (Å²) in [6.45, 7) is 2.65. The van der Waals surface area contributed by atoms with E-state index >= 15 is 0 Å². The molecule has 2 aromatic carbocycles. The maximum atomic E-state index is 13.0. The molecule has 0 aromatic heterocycles. The highest BCUT2D eigenvalue weighted by atomic mass is 32.2. The van der Waals surface area contributed by atoms with Gasteiger partial charge in [-0.25, -0.2) is 4.39 Å². The molecule has 126 valence electrons. The van der Waals surface area contributed by atoms with Gasteiger partial charge in [0, 0.05) is 18.3 Å². The van der Waals surface area contributed by atoms with Crippen LogP contribution in [0, 0.1) is 12.7 Å². The fourth-order valence-electron chi connectivity index (χ4n) is 2.62. The lowest BCUT2D eigenvalue weighted by molar-refractivity contribution is -0.129. The molecule has 0 N–H and O–H groups in total. The van der Waals surface area contributed by atoms with Gasteiger partial charge in [0.1, 0.15) is 5.82 Å². The number of amides is 1. The Morgan fingerprint density at radius 3 is 2.33 bits per heavy atom. The van der Waals surface area contributed by atoms with E-state index in [1.165, 1.54) is 23.3 Å². The van der Waals surface area contributed by atoms with Crippen molar-refractivity contribution in [1.82, 2.24) is 4.90 Å². The van der Waals surface area contributed by atoms with Crippen molar-refractivity contribution in [2.45, 2.75) is 38.1 Å². The zero-order chi connectivity index (χ0) is 16.9. The first-order valence-electron chi connectivity index (χ1n) is 8.29. The second kappa shape index (κ2) is 7.84. The molecule has 1 aliphatic rings. The van der Waals surface area contributed by atoms with E-state index in [1.807, 2.05) is 4.90 Å². The van der Waals surface area contributed by atoms with Crippen LogP contribution in [0.1, 0.15) is 29.5 Å². The number of hydrogen-bond donors (Lipinski definition) is 0. The first-order chi connectivity index (χ1) is 11.6. The van der Waals surface area contributed by atoms with Crippen molar-refractivity contribution in [2.24, 2.45) is 0 Å². The number of nitrogens with zero attached hydrogens (tertiary/aromatic N) is 1. The van der Waals surface area contributed by atoms with E-state index in [1.54, 1.807) is 23.9 Å². The third-order valence-electron chi connectivity index (χ3n) is 4.19. The normalized spacial score (nSPS) is 13.8. The average molecular weight is 343 g/mol. The van der Waals surface area contributed by atoms with Crippen molar-refractivity contribution in [3.63, 3.8) is 0 Å². The number of halogens is 1. The number of carbonyl (C=O) groups is 1. The van der Waals surface area contributed by atoms with E-state index < -0.39 is 0 Å². The van der Waals surface area contributed by atoms with Crippen LogP contribution in [-0.4, -0.2) is 22.6 Å². The van der Waals surface area contributed by atoms with E-state index in [4.69, 9.17) is 0 Å². The molecule has 1 aliphatic carbocycles. The number of thioether (sulfide) groups is 1. The molecule has 2 nitrogen and oxygen atoms in total. The predicted octanol–water partition coefficient (Wildman–Crippen LogP) is 4.56. The summed E-state index contributed by atoms with van der Waals surface area (Å²) in [5.41, 5.74) is 3.48. The number of aryl methyl sites for hydroxylation is 1. The lowest BCUT2D eigenvalue weighted by Crippen LogP contribution is -2.34. The summed E-state index contributed by atoms with van der Waals surface area (Å²) in [5.74, 6) is 1.28. The lowest BCUT2D eigenvalue weighted by atomic mass is 10.2. The third-order valence-corrected chi connectivity index (χ3v) is 5.18. The van der Waals surface area contributed by atoms with Crippen LogP contribution in [-0.2, 0) is 17.1 Å². The van der Waals surface area contributed by atoms with E-state index in [2.05, 4.69) is 31.2 Å². The minimum absolute atomic E-state index is 0.180. The summed E-state index contributed by atoms with van der Waals surface area (Å²) in [6, 6.07) is 15.2. The van der Waals surface area contributed by atoms with Crippen LogP contribution in [0.2, 0.25) is 0 Å². The molecule has 0 bridgehead atoms. The van der Waals surface area contributed by atoms with Gasteiger partial charge in [0.2, 0.25) is 5.91 Å². The largest absolute Gasteiger partial charge is 0.335 e. The molecular formula is C20H22FNOS. The van der Waals surface area contributed by atoms with Crippen LogP contribution < -0.4 is 0 Å². The minimum atomic E-state index is -0.239. The van der Waals surface area contributed by atoms with Crippen LogP contribution in [0.5, 0.6) is 0 Å². The highest BCUT2D eigenvalue weighted by molar-refractivity contribution is 7.99. The molecule has 0 saturated heterocycles. The lowest BCUT2D eigenvalue weighted by Gasteiger charge is -2.22. The Labute approximate surface area is 147 Å². The number of rotatable bonds is 7. The van der Waals surface area contributed by atoms with Gasteiger partial charge in [-0.05, 0) is 43.0 Å². The molecule has 2 aromatic rings. The molecule has 0 spiro atoms. The van der Waals surface area contributed by atoms with Gasteiger partial charge in [0.25, 0.3) is 0 Å². The van der Waals surface area contributed by atoms with E-state index in [-0.39, 0.29) is 11.7 Å². The average Bonchev–Trinajstić information content (AvgIpc) is 3.41. The van der Waals surface area contributed by atoms with Crippen LogP contribution >= 0.6 is 11.8 Å². The molecule has 4 heteroatoms. The Kier molecular flexibility index (Phi) is 5.56. The summed E-state index contributed by atoms with van der Waals surface area (Å²) in [5, 5.41) is 0. The molecule has 0 radical (unpaired) electrons. The van der Waals surface area contributed by atoms with Crippen LogP contribution in [0.25, 0.3) is 0 Å². The maximum Gasteiger partial charge on any atom is 0.233 e. The first-order valence-corrected chi connectivity index (χ1v) is 9.44. The zero-order valence-electron chi connectivity index (χ0n) is 13.9. The fourth-order valence-corrected chi connectivity index (χ4v) is 3.49. The van der Waals surface area contributed by atoms with Crippen LogP contribution in [0.3, 0.4) is 0 Å². The Bertz CT molecular complexity index is 680. The first kappa shape index (κ1) is 17.0. The Morgan fingerprint density at radius 1 is 1.08 bits per heavy atom. The van der Waals surface area contributed by atoms with Gasteiger partial charge in [-0.1, -0.05) is 42.0 Å². The molecule has 24 heavy (non-hydrogen) atoms. The fraction of sp³-hybridized carbons (Fsp3) is 0.350. The Hall–Kier alpha value is -1.81. The molecule has 1 fully saturated rings. The summed E-state index contributed by atoms with van der Waals surface area (Å²) >= 11 is 1.66. The van der Waals surface area contributed by atoms with Gasteiger partial charge in [0.05, 0.1) is 5.75 Å². The van der Waals surface area contributed by atoms with Crippen molar-refractivity contribution >= 4 is 17.7 Å². The van der Waals surface area contributed by atoms with Crippen LogP contribution in [0.15, 0.2) is 48.5 Å². The zero-order valence-corrected chi connectivity index (χ0v) is 14.7. The Balaban J connectivity index is 1.52. The van der Waals surface area contributed by atoms with Crippen molar-refractivity contribution in [2.75, 3.05) is 5.75 Å². The number of hydrogen-bond acceptors (Lipinski definition) is 2. The van der Waals surface area contributed by atoms with Gasteiger partial charge >= 0.3 is 0 Å². The number of benzene rings is 2. The predicted molar refractivity (Wildman–Crippen MR) is 97.3 cm³/mol. The quantitative estimate of drug-likeness (QED) is 0.734. The van der Waals surface area contributed by atoms with Crippen molar-refractivity contribution in [3.05, 3.63) is 71.0 Å². The Morgan fingerprint density at radius 2 is 1.71 bits per heavy atom. The molecule has 0 aliphatic heterocycles. The molecular weight excluding hydrogens is 321 g/mol. The second-order valence-electron chi connectivity index (χ2n) is 6.36. The topological polar surface area (TPSA) is 20.3 Å². The highest BCUT2D eigenvalue weighted by Crippen LogP contribution is 2.29. The van der Waals surface area contributed by atoms with Gasteiger partial charge in [-0.3, -0.25) is 4.79 Å².